The van der Waals surface area contributed by atoms with Crippen molar-refractivity contribution in [2.24, 2.45) is 0 Å². The lowest BCUT2D eigenvalue weighted by atomic mass is 9.97. The van der Waals surface area contributed by atoms with Gasteiger partial charge in [0, 0.05) is 23.7 Å². The lowest BCUT2D eigenvalue weighted by Crippen LogP contribution is -2.48. The van der Waals surface area contributed by atoms with E-state index in [1.165, 1.54) is 6.07 Å². The summed E-state index contributed by atoms with van der Waals surface area (Å²) in [4.78, 5) is 2.24. The van der Waals surface area contributed by atoms with Crippen molar-refractivity contribution in [3.05, 3.63) is 34.6 Å². The second-order valence-corrected chi connectivity index (χ2v) is 5.14. The van der Waals surface area contributed by atoms with Gasteiger partial charge in [-0.3, -0.25) is 4.90 Å². The third kappa shape index (κ3) is 3.26. The first kappa shape index (κ1) is 14.7. The van der Waals surface area contributed by atoms with Crippen LogP contribution in [0.4, 0.5) is 4.39 Å². The highest BCUT2D eigenvalue weighted by atomic mass is 35.5. The summed E-state index contributed by atoms with van der Waals surface area (Å²) in [6.07, 6.45) is -0.0633. The molecular weight excluding hydrogens is 267 g/mol. The lowest BCUT2D eigenvalue weighted by molar-refractivity contribution is -0.0696. The number of halogens is 2. The van der Waals surface area contributed by atoms with Crippen molar-refractivity contribution < 1.29 is 9.13 Å². The van der Waals surface area contributed by atoms with Crippen LogP contribution in [0.2, 0.25) is 5.02 Å². The molecule has 1 N–H and O–H groups in total. The Kier molecular flexibility index (Phi) is 5.16. The molecule has 1 aromatic carbocycles. The monoisotopic (exact) mass is 286 g/mol. The Hall–Kier alpha value is -0.680. The Morgan fingerprint density at radius 1 is 1.53 bits per heavy atom. The molecule has 1 aliphatic heterocycles. The molecule has 1 fully saturated rings. The van der Waals surface area contributed by atoms with E-state index in [-0.39, 0.29) is 18.0 Å². The molecule has 0 aliphatic carbocycles. The maximum absolute atomic E-state index is 14.1. The summed E-state index contributed by atoms with van der Waals surface area (Å²) in [5.74, 6) is -0.223. The molecule has 19 heavy (non-hydrogen) atoms. The van der Waals surface area contributed by atoms with Gasteiger partial charge in [-0.2, -0.15) is 0 Å². The average Bonchev–Trinajstić information content (AvgIpc) is 2.42. The van der Waals surface area contributed by atoms with Gasteiger partial charge in [0.25, 0.3) is 0 Å². The number of ether oxygens (including phenoxy) is 1. The van der Waals surface area contributed by atoms with Crippen LogP contribution in [-0.2, 0) is 4.74 Å². The zero-order chi connectivity index (χ0) is 13.8. The van der Waals surface area contributed by atoms with E-state index in [0.29, 0.717) is 23.7 Å². The van der Waals surface area contributed by atoms with E-state index in [1.54, 1.807) is 12.1 Å². The number of hydrogen-bond donors (Lipinski definition) is 1. The van der Waals surface area contributed by atoms with E-state index in [1.807, 2.05) is 7.05 Å². The number of rotatable bonds is 4. The molecule has 0 aromatic heterocycles. The normalized spacial score (nSPS) is 24.6. The van der Waals surface area contributed by atoms with Crippen LogP contribution in [0.15, 0.2) is 18.2 Å². The number of nitrogens with one attached hydrogen (secondary N) is 1. The first-order chi connectivity index (χ1) is 9.17. The third-order valence-electron chi connectivity index (χ3n) is 3.54. The van der Waals surface area contributed by atoms with Gasteiger partial charge in [0.15, 0.2) is 0 Å². The predicted molar refractivity (Wildman–Crippen MR) is 75.1 cm³/mol. The molecule has 0 spiro atoms. The van der Waals surface area contributed by atoms with Crippen molar-refractivity contribution >= 4 is 11.6 Å². The first-order valence-corrected chi connectivity index (χ1v) is 7.00. The van der Waals surface area contributed by atoms with Crippen LogP contribution in [0.1, 0.15) is 18.5 Å². The van der Waals surface area contributed by atoms with E-state index in [9.17, 15) is 4.39 Å². The van der Waals surface area contributed by atoms with Gasteiger partial charge in [0.05, 0.1) is 18.8 Å². The van der Waals surface area contributed by atoms with E-state index in [2.05, 4.69) is 17.1 Å². The standard InChI is InChI=1S/C14H20ClFN2O/c1-3-18-6-7-19-13(9-17-2)14(18)11-8-10(15)4-5-12(11)16/h4-5,8,13-14,17H,3,6-7,9H2,1-2H3. The third-order valence-corrected chi connectivity index (χ3v) is 3.78. The van der Waals surface area contributed by atoms with Gasteiger partial charge in [0.1, 0.15) is 5.82 Å². The van der Waals surface area contributed by atoms with E-state index >= 15 is 0 Å². The van der Waals surface area contributed by atoms with Gasteiger partial charge >= 0.3 is 0 Å². The molecular formula is C14H20ClFN2O. The van der Waals surface area contributed by atoms with Gasteiger partial charge in [0.2, 0.25) is 0 Å². The SMILES string of the molecule is CCN1CCOC(CNC)C1c1cc(Cl)ccc1F. The molecule has 0 amide bonds. The average molecular weight is 287 g/mol. The summed E-state index contributed by atoms with van der Waals surface area (Å²) in [5.41, 5.74) is 0.620. The maximum Gasteiger partial charge on any atom is 0.128 e. The Labute approximate surface area is 118 Å². The van der Waals surface area contributed by atoms with Crippen LogP contribution < -0.4 is 5.32 Å². The fourth-order valence-electron chi connectivity index (χ4n) is 2.65. The largest absolute Gasteiger partial charge is 0.374 e. The summed E-state index contributed by atoms with van der Waals surface area (Å²) in [6.45, 7) is 5.12. The summed E-state index contributed by atoms with van der Waals surface area (Å²) in [6, 6.07) is 4.62. The highest BCUT2D eigenvalue weighted by Gasteiger charge is 2.34. The number of benzene rings is 1. The van der Waals surface area contributed by atoms with Crippen LogP contribution in [0.25, 0.3) is 0 Å². The molecule has 1 saturated heterocycles. The quantitative estimate of drug-likeness (QED) is 0.920. The van der Waals surface area contributed by atoms with Crippen molar-refractivity contribution in [3.63, 3.8) is 0 Å². The highest BCUT2D eigenvalue weighted by Crippen LogP contribution is 2.32. The molecule has 3 nitrogen and oxygen atoms in total. The molecule has 106 valence electrons. The summed E-state index contributed by atoms with van der Waals surface area (Å²) in [5, 5.41) is 3.67. The Balaban J connectivity index is 2.36. The molecule has 2 atom stereocenters. The summed E-state index contributed by atoms with van der Waals surface area (Å²) in [7, 11) is 1.87. The van der Waals surface area contributed by atoms with Gasteiger partial charge in [-0.1, -0.05) is 18.5 Å². The Bertz CT molecular complexity index is 428. The smallest absolute Gasteiger partial charge is 0.128 e. The van der Waals surface area contributed by atoms with E-state index in [4.69, 9.17) is 16.3 Å². The second kappa shape index (κ2) is 6.66. The summed E-state index contributed by atoms with van der Waals surface area (Å²) >= 11 is 6.01. The number of likely N-dealkylation sites (N-methyl/N-ethyl adjacent to an activating group) is 2. The molecule has 0 bridgehead atoms. The van der Waals surface area contributed by atoms with Crippen LogP contribution in [-0.4, -0.2) is 44.3 Å². The second-order valence-electron chi connectivity index (χ2n) is 4.71. The lowest BCUT2D eigenvalue weighted by Gasteiger charge is -2.41. The summed E-state index contributed by atoms with van der Waals surface area (Å²) < 4.78 is 19.9. The molecule has 2 rings (SSSR count). The number of nitrogens with zero attached hydrogens (tertiary/aromatic N) is 1. The highest BCUT2D eigenvalue weighted by molar-refractivity contribution is 6.30. The van der Waals surface area contributed by atoms with Gasteiger partial charge < -0.3 is 10.1 Å². The van der Waals surface area contributed by atoms with Crippen molar-refractivity contribution in [1.82, 2.24) is 10.2 Å². The van der Waals surface area contributed by atoms with Gasteiger partial charge in [-0.25, -0.2) is 4.39 Å². The topological polar surface area (TPSA) is 24.5 Å². The Morgan fingerprint density at radius 3 is 3.00 bits per heavy atom. The molecule has 1 heterocycles. The molecule has 5 heteroatoms. The molecule has 0 saturated carbocycles. The van der Waals surface area contributed by atoms with E-state index < -0.39 is 0 Å². The molecule has 2 unspecified atom stereocenters. The van der Waals surface area contributed by atoms with Crippen molar-refractivity contribution in [1.29, 1.82) is 0 Å². The Morgan fingerprint density at radius 2 is 2.32 bits per heavy atom. The van der Waals surface area contributed by atoms with Crippen LogP contribution in [0.3, 0.4) is 0 Å². The van der Waals surface area contributed by atoms with E-state index in [0.717, 1.165) is 13.1 Å². The fourth-order valence-corrected chi connectivity index (χ4v) is 2.83. The van der Waals surface area contributed by atoms with Crippen LogP contribution in [0, 0.1) is 5.82 Å². The van der Waals surface area contributed by atoms with Gasteiger partial charge in [-0.05, 0) is 31.8 Å². The van der Waals surface area contributed by atoms with Crippen molar-refractivity contribution in [3.8, 4) is 0 Å². The maximum atomic E-state index is 14.1. The van der Waals surface area contributed by atoms with Gasteiger partial charge in [-0.15, -0.1) is 0 Å². The van der Waals surface area contributed by atoms with Crippen LogP contribution >= 0.6 is 11.6 Å². The molecule has 1 aliphatic rings. The molecule has 0 radical (unpaired) electrons. The minimum absolute atomic E-state index is 0.0633. The zero-order valence-corrected chi connectivity index (χ0v) is 12.1. The van der Waals surface area contributed by atoms with Crippen LogP contribution in [0.5, 0.6) is 0 Å². The molecule has 1 aromatic rings. The zero-order valence-electron chi connectivity index (χ0n) is 11.3. The van der Waals surface area contributed by atoms with Crippen molar-refractivity contribution in [2.45, 2.75) is 19.1 Å². The number of morpholine rings is 1. The minimum atomic E-state index is -0.223. The predicted octanol–water partition coefficient (Wildman–Crippen LogP) is 2.46. The fraction of sp³-hybridized carbons (Fsp3) is 0.571. The number of hydrogen-bond acceptors (Lipinski definition) is 3. The van der Waals surface area contributed by atoms with Crippen molar-refractivity contribution in [2.75, 3.05) is 33.3 Å². The minimum Gasteiger partial charge on any atom is -0.374 e. The first-order valence-electron chi connectivity index (χ1n) is 6.62.